The van der Waals surface area contributed by atoms with Gasteiger partial charge in [0.1, 0.15) is 23.4 Å². The van der Waals surface area contributed by atoms with E-state index in [-0.39, 0.29) is 23.7 Å². The summed E-state index contributed by atoms with van der Waals surface area (Å²) in [6.45, 7) is 6.26. The van der Waals surface area contributed by atoms with Gasteiger partial charge in [-0.1, -0.05) is 35.4 Å². The first-order chi connectivity index (χ1) is 13.8. The number of ketones is 1. The Kier molecular flexibility index (Phi) is 6.42. The number of allylic oxidation sites excluding steroid dienone is 4. The van der Waals surface area contributed by atoms with Crippen molar-refractivity contribution in [3.8, 4) is 17.2 Å². The Hall–Kier alpha value is -3.01. The first-order valence-electron chi connectivity index (χ1n) is 9.97. The molecule has 0 fully saturated rings. The van der Waals surface area contributed by atoms with Crippen LogP contribution in [0.2, 0.25) is 0 Å². The third-order valence-electron chi connectivity index (χ3n) is 5.18. The molecule has 29 heavy (non-hydrogen) atoms. The van der Waals surface area contributed by atoms with Crippen LogP contribution in [0.3, 0.4) is 0 Å². The quantitative estimate of drug-likeness (QED) is 0.588. The molecule has 152 valence electrons. The summed E-state index contributed by atoms with van der Waals surface area (Å²) < 4.78 is 6.18. The summed E-state index contributed by atoms with van der Waals surface area (Å²) in [5, 5.41) is 20.0. The average Bonchev–Trinajstić information content (AvgIpc) is 2.67. The molecule has 1 atom stereocenters. The van der Waals surface area contributed by atoms with E-state index < -0.39 is 6.10 Å². The van der Waals surface area contributed by atoms with Gasteiger partial charge >= 0.3 is 0 Å². The fourth-order valence-corrected chi connectivity index (χ4v) is 3.47. The number of hydrogen-bond donors (Lipinski definition) is 2. The van der Waals surface area contributed by atoms with Crippen LogP contribution in [0.15, 0.2) is 59.7 Å². The Labute approximate surface area is 172 Å². The van der Waals surface area contributed by atoms with Gasteiger partial charge in [0.05, 0.1) is 12.0 Å². The van der Waals surface area contributed by atoms with Crippen molar-refractivity contribution in [1.82, 2.24) is 0 Å². The van der Waals surface area contributed by atoms with E-state index in [1.807, 2.05) is 0 Å². The second kappa shape index (κ2) is 8.99. The van der Waals surface area contributed by atoms with Crippen molar-refractivity contribution < 1.29 is 19.7 Å². The van der Waals surface area contributed by atoms with Crippen LogP contribution in [0.25, 0.3) is 0 Å². The van der Waals surface area contributed by atoms with Crippen molar-refractivity contribution >= 4 is 5.78 Å². The van der Waals surface area contributed by atoms with E-state index in [9.17, 15) is 15.0 Å². The van der Waals surface area contributed by atoms with Crippen LogP contribution in [0.4, 0.5) is 0 Å². The molecular formula is C25H28O4. The largest absolute Gasteiger partial charge is 0.508 e. The number of carbonyl (C=O) groups is 1. The second-order valence-electron chi connectivity index (χ2n) is 7.84. The first kappa shape index (κ1) is 20.7. The maximum Gasteiger partial charge on any atom is 0.170 e. The Bertz CT molecular complexity index is 948. The van der Waals surface area contributed by atoms with Gasteiger partial charge in [-0.2, -0.15) is 0 Å². The molecule has 2 aromatic rings. The molecule has 3 rings (SSSR count). The van der Waals surface area contributed by atoms with Crippen LogP contribution in [-0.4, -0.2) is 16.0 Å². The predicted octanol–water partition coefficient (Wildman–Crippen LogP) is 6.04. The smallest absolute Gasteiger partial charge is 0.170 e. The van der Waals surface area contributed by atoms with Crippen LogP contribution in [0.1, 0.15) is 67.6 Å². The van der Waals surface area contributed by atoms with E-state index in [4.69, 9.17) is 4.74 Å². The summed E-state index contributed by atoms with van der Waals surface area (Å²) in [4.78, 5) is 12.7. The molecule has 0 spiro atoms. The highest BCUT2D eigenvalue weighted by Gasteiger charge is 2.30. The summed E-state index contributed by atoms with van der Waals surface area (Å²) in [6.07, 6.45) is 6.55. The highest BCUT2D eigenvalue weighted by molar-refractivity contribution is 6.00. The van der Waals surface area contributed by atoms with Crippen molar-refractivity contribution in [2.24, 2.45) is 0 Å². The van der Waals surface area contributed by atoms with E-state index in [2.05, 4.69) is 32.9 Å². The third kappa shape index (κ3) is 5.08. The van der Waals surface area contributed by atoms with Crippen molar-refractivity contribution in [1.29, 1.82) is 0 Å². The SMILES string of the molecule is CC(C)=CCC/C(C)=C/Cc1c(O)ccc2c1OC(c1ccc(O)cc1)CC2=O. The minimum absolute atomic E-state index is 0.00478. The third-order valence-corrected chi connectivity index (χ3v) is 5.18. The summed E-state index contributed by atoms with van der Waals surface area (Å²) >= 11 is 0. The Morgan fingerprint density at radius 2 is 1.79 bits per heavy atom. The van der Waals surface area contributed by atoms with E-state index in [1.165, 1.54) is 11.1 Å². The number of Topliss-reactive ketones (excluding diaryl/α,β-unsaturated/α-hetero) is 1. The number of rotatable bonds is 6. The fraction of sp³-hybridized carbons (Fsp3) is 0.320. The van der Waals surface area contributed by atoms with Crippen LogP contribution in [-0.2, 0) is 6.42 Å². The topological polar surface area (TPSA) is 66.8 Å². The normalized spacial score (nSPS) is 16.2. The standard InChI is InChI=1S/C25H28O4/c1-16(2)5-4-6-17(3)7-12-20-22(27)14-13-21-23(28)15-24(29-25(20)21)18-8-10-19(26)11-9-18/h5,7-11,13-14,24,26-27H,4,6,12,15H2,1-3H3/b17-7+. The monoisotopic (exact) mass is 392 g/mol. The number of carbonyl (C=O) groups excluding carboxylic acids is 1. The predicted molar refractivity (Wildman–Crippen MR) is 115 cm³/mol. The number of hydrogen-bond acceptors (Lipinski definition) is 4. The molecule has 0 amide bonds. The molecule has 0 radical (unpaired) electrons. The van der Waals surface area contributed by atoms with E-state index in [0.29, 0.717) is 23.3 Å². The maximum absolute atomic E-state index is 12.7. The number of fused-ring (bicyclic) bond motifs is 1. The lowest BCUT2D eigenvalue weighted by molar-refractivity contribution is 0.0847. The average molecular weight is 392 g/mol. The molecule has 1 unspecified atom stereocenters. The van der Waals surface area contributed by atoms with Gasteiger partial charge in [0.2, 0.25) is 0 Å². The lowest BCUT2D eigenvalue weighted by Gasteiger charge is -2.27. The van der Waals surface area contributed by atoms with Crippen molar-refractivity contribution in [3.63, 3.8) is 0 Å². The lowest BCUT2D eigenvalue weighted by Crippen LogP contribution is -2.21. The second-order valence-corrected chi connectivity index (χ2v) is 7.84. The van der Waals surface area contributed by atoms with Gasteiger partial charge in [0, 0.05) is 5.56 Å². The van der Waals surface area contributed by atoms with Gasteiger partial charge in [-0.15, -0.1) is 0 Å². The zero-order valence-electron chi connectivity index (χ0n) is 17.2. The summed E-state index contributed by atoms with van der Waals surface area (Å²) in [6, 6.07) is 9.89. The molecule has 0 aliphatic carbocycles. The van der Waals surface area contributed by atoms with Gasteiger partial charge in [-0.05, 0) is 69.9 Å². The first-order valence-corrected chi connectivity index (χ1v) is 9.97. The maximum atomic E-state index is 12.7. The van der Waals surface area contributed by atoms with Gasteiger partial charge < -0.3 is 14.9 Å². The molecule has 1 heterocycles. The summed E-state index contributed by atoms with van der Waals surface area (Å²) in [5.41, 5.74) is 4.52. The number of benzene rings is 2. The molecule has 4 heteroatoms. The van der Waals surface area contributed by atoms with Crippen LogP contribution >= 0.6 is 0 Å². The van der Waals surface area contributed by atoms with Gasteiger partial charge in [0.25, 0.3) is 0 Å². The van der Waals surface area contributed by atoms with Gasteiger partial charge in [-0.25, -0.2) is 0 Å². The molecule has 1 aliphatic rings. The van der Waals surface area contributed by atoms with Crippen molar-refractivity contribution in [2.75, 3.05) is 0 Å². The van der Waals surface area contributed by atoms with Crippen LogP contribution in [0.5, 0.6) is 17.2 Å². The zero-order chi connectivity index (χ0) is 21.0. The van der Waals surface area contributed by atoms with Gasteiger partial charge in [0.15, 0.2) is 5.78 Å². The molecule has 2 aromatic carbocycles. The number of phenols is 2. The van der Waals surface area contributed by atoms with Crippen molar-refractivity contribution in [3.05, 3.63) is 76.4 Å². The molecule has 2 N–H and O–H groups in total. The molecule has 0 saturated carbocycles. The minimum Gasteiger partial charge on any atom is -0.508 e. The summed E-state index contributed by atoms with van der Waals surface area (Å²) in [5.74, 6) is 0.766. The van der Waals surface area contributed by atoms with Crippen LogP contribution in [0, 0.1) is 0 Å². The summed E-state index contributed by atoms with van der Waals surface area (Å²) in [7, 11) is 0. The Morgan fingerprint density at radius 3 is 2.48 bits per heavy atom. The zero-order valence-corrected chi connectivity index (χ0v) is 17.2. The van der Waals surface area contributed by atoms with Gasteiger partial charge in [-0.3, -0.25) is 4.79 Å². The number of ether oxygens (including phenoxy) is 1. The minimum atomic E-state index is -0.432. The number of aromatic hydroxyl groups is 2. The molecular weight excluding hydrogens is 364 g/mol. The van der Waals surface area contributed by atoms with E-state index >= 15 is 0 Å². The number of phenolic OH excluding ortho intramolecular Hbond substituents is 2. The van der Waals surface area contributed by atoms with E-state index in [1.54, 1.807) is 36.4 Å². The lowest BCUT2D eigenvalue weighted by atomic mass is 9.93. The van der Waals surface area contributed by atoms with Crippen molar-refractivity contribution in [2.45, 2.75) is 52.6 Å². The molecule has 0 saturated heterocycles. The Morgan fingerprint density at radius 1 is 1.07 bits per heavy atom. The molecule has 0 bridgehead atoms. The van der Waals surface area contributed by atoms with Crippen LogP contribution < -0.4 is 4.74 Å². The molecule has 1 aliphatic heterocycles. The molecule has 0 aromatic heterocycles. The molecule has 4 nitrogen and oxygen atoms in total. The highest BCUT2D eigenvalue weighted by atomic mass is 16.5. The fourth-order valence-electron chi connectivity index (χ4n) is 3.47. The Balaban J connectivity index is 1.85. The van der Waals surface area contributed by atoms with E-state index in [0.717, 1.165) is 18.4 Å². The highest BCUT2D eigenvalue weighted by Crippen LogP contribution is 2.41.